The van der Waals surface area contributed by atoms with Crippen molar-refractivity contribution in [3.05, 3.63) is 181 Å². The van der Waals surface area contributed by atoms with Gasteiger partial charge in [-0.1, -0.05) is 151 Å². The first kappa shape index (κ1) is 11.7. The van der Waals surface area contributed by atoms with Gasteiger partial charge >= 0.3 is 0 Å². The highest BCUT2D eigenvalue weighted by Crippen LogP contribution is 2.48. The highest BCUT2D eigenvalue weighted by atomic mass is 16.3. The van der Waals surface area contributed by atoms with Gasteiger partial charge in [-0.25, -0.2) is 0 Å². The molecule has 1 heterocycles. The molecule has 0 saturated heterocycles. The van der Waals surface area contributed by atoms with E-state index in [9.17, 15) is 17.8 Å². The summed E-state index contributed by atoms with van der Waals surface area (Å²) in [4.78, 5) is 0. The molecule has 11 aromatic rings. The van der Waals surface area contributed by atoms with Crippen molar-refractivity contribution < 1.29 is 45.5 Å². The van der Waals surface area contributed by atoms with E-state index in [4.69, 9.17) is 27.7 Å². The lowest BCUT2D eigenvalue weighted by Gasteiger charge is -2.19. The maximum atomic E-state index is 10.1. The Morgan fingerprint density at radius 2 is 0.863 bits per heavy atom. The monoisotopic (exact) mass is 676 g/mol. The maximum absolute atomic E-state index is 10.1. The summed E-state index contributed by atoms with van der Waals surface area (Å²) in [6.45, 7) is 0. The molecule has 11 rings (SSSR count). The van der Waals surface area contributed by atoms with Gasteiger partial charge in [-0.2, -0.15) is 0 Å². The third-order valence-corrected chi connectivity index (χ3v) is 8.57. The summed E-state index contributed by atoms with van der Waals surface area (Å²) in [6, 6.07) is -28.7. The Labute approximate surface area is 336 Å². The molecule has 0 fully saturated rings. The molecular weight excluding hydrogens is 617 g/mol. The molecule has 0 N–H and O–H groups in total. The summed E-state index contributed by atoms with van der Waals surface area (Å²) in [7, 11) is 0. The molecule has 236 valence electrons. The number of hydrogen-bond acceptors (Lipinski definition) is 1. The Hall–Kier alpha value is -6.70. The standard InChI is InChI=1S/C50H30O/c1-2-14-32-30-47-45(28-31(32)13-1)50-43(25-12-26-46(50)51-47)49-41-23-9-7-21-39(41)48(40-22-8-10-24-42(40)49)35-17-11-16-33(27-35)44-29-34-15-3-4-18-36(34)37-19-5-6-20-38(37)44/h1-30H/i1D,2D,3D,4D,5D,6D,7D,8D,9D,10D,11D,12D,13D,14D,15D,16D,17D,18D,19D,20D,21D,22D,23D,24D,25D,26D,27D,28D,29D,30D. The first-order valence-corrected chi connectivity index (χ1v) is 15.2. The second-order valence-electron chi connectivity index (χ2n) is 11.3. The first-order chi connectivity index (χ1) is 37.8. The number of furan rings is 1. The van der Waals surface area contributed by atoms with Crippen LogP contribution in [-0.4, -0.2) is 0 Å². The van der Waals surface area contributed by atoms with E-state index in [0.717, 1.165) is 0 Å². The summed E-state index contributed by atoms with van der Waals surface area (Å²) in [5.41, 5.74) is -6.30. The number of hydrogen-bond donors (Lipinski definition) is 0. The largest absolute Gasteiger partial charge is 0.456 e. The van der Waals surface area contributed by atoms with Crippen molar-refractivity contribution in [1.29, 1.82) is 0 Å². The highest BCUT2D eigenvalue weighted by Gasteiger charge is 2.21. The van der Waals surface area contributed by atoms with Gasteiger partial charge in [-0.3, -0.25) is 0 Å². The normalized spacial score (nSPS) is 20.2. The zero-order valence-electron chi connectivity index (χ0n) is 55.4. The molecule has 1 nitrogen and oxygen atoms in total. The molecule has 0 bridgehead atoms. The molecule has 10 aromatic carbocycles. The number of benzene rings is 10. The highest BCUT2D eigenvalue weighted by molar-refractivity contribution is 6.26. The Morgan fingerprint density at radius 1 is 0.314 bits per heavy atom. The second-order valence-corrected chi connectivity index (χ2v) is 11.3. The second kappa shape index (κ2) is 10.9. The summed E-state index contributed by atoms with van der Waals surface area (Å²) in [6.07, 6.45) is 0. The van der Waals surface area contributed by atoms with Crippen LogP contribution in [0.5, 0.6) is 0 Å². The van der Waals surface area contributed by atoms with Crippen LogP contribution in [0.25, 0.3) is 109 Å². The summed E-state index contributed by atoms with van der Waals surface area (Å²) in [5.74, 6) is 0. The summed E-state index contributed by atoms with van der Waals surface area (Å²) < 4.78 is 280. The molecule has 0 aliphatic carbocycles. The van der Waals surface area contributed by atoms with Crippen LogP contribution >= 0.6 is 0 Å². The minimum atomic E-state index is -1.15. The van der Waals surface area contributed by atoms with E-state index in [1.807, 2.05) is 0 Å². The fourth-order valence-electron chi connectivity index (χ4n) is 6.48. The molecule has 0 radical (unpaired) electrons. The topological polar surface area (TPSA) is 13.1 Å². The third-order valence-electron chi connectivity index (χ3n) is 8.57. The van der Waals surface area contributed by atoms with Crippen LogP contribution in [0, 0.1) is 0 Å². The SMILES string of the molecule is [2H]c1c([2H])c(-c2c3c([2H])c([2H])c([2H])c([2H])c3c(-c3c([2H])c([2H])c([2H])c4oc5c([2H])c6c([2H])c([2H])c([2H])c([2H])c6c([2H])c5c34)c3c([2H])c([2H])c([2H])c([2H])c23)c([2H])c(-c2c([2H])c3c([2H])c([2H])c([2H])c([2H])c3c3c([2H])c([2H])c([2H])c([2H])c23)c1[2H]. The minimum Gasteiger partial charge on any atom is -0.456 e. The van der Waals surface area contributed by atoms with Gasteiger partial charge in [0.1, 0.15) is 11.2 Å². The van der Waals surface area contributed by atoms with Gasteiger partial charge in [0.05, 0.1) is 41.1 Å². The predicted octanol–water partition coefficient (Wildman–Crippen LogP) is 14.4. The molecule has 0 atom stereocenters. The first-order valence-electron chi connectivity index (χ1n) is 30.2. The van der Waals surface area contributed by atoms with Crippen molar-refractivity contribution in [2.75, 3.05) is 0 Å². The molecule has 0 aliphatic heterocycles. The average Bonchev–Trinajstić information content (AvgIpc) is 3.34. The van der Waals surface area contributed by atoms with E-state index >= 15 is 0 Å². The van der Waals surface area contributed by atoms with Crippen molar-refractivity contribution >= 4 is 75.8 Å². The molecule has 0 amide bonds. The van der Waals surface area contributed by atoms with Gasteiger partial charge in [0.15, 0.2) is 0 Å². The van der Waals surface area contributed by atoms with Crippen molar-refractivity contribution in [2.24, 2.45) is 0 Å². The molecular formula is C50H30O. The fourth-order valence-corrected chi connectivity index (χ4v) is 6.48. The lowest BCUT2D eigenvalue weighted by Crippen LogP contribution is -1.92. The average molecular weight is 677 g/mol. The van der Waals surface area contributed by atoms with E-state index in [2.05, 4.69) is 0 Å². The van der Waals surface area contributed by atoms with Gasteiger partial charge in [-0.05, 0) is 117 Å². The number of rotatable bonds is 3. The van der Waals surface area contributed by atoms with Gasteiger partial charge in [-0.15, -0.1) is 0 Å². The zero-order chi connectivity index (χ0) is 59.6. The summed E-state index contributed by atoms with van der Waals surface area (Å²) in [5, 5.41) is -7.92. The van der Waals surface area contributed by atoms with Gasteiger partial charge in [0.25, 0.3) is 0 Å². The smallest absolute Gasteiger partial charge is 0.136 e. The van der Waals surface area contributed by atoms with E-state index in [1.54, 1.807) is 0 Å². The Bertz CT molecular complexity index is 4850. The van der Waals surface area contributed by atoms with Crippen LogP contribution in [0.3, 0.4) is 0 Å². The molecule has 1 heteroatoms. The maximum Gasteiger partial charge on any atom is 0.136 e. The molecule has 51 heavy (non-hydrogen) atoms. The number of fused-ring (bicyclic) bond motifs is 9. The lowest BCUT2D eigenvalue weighted by molar-refractivity contribution is 0.669. The minimum absolute atomic E-state index is 0.505. The summed E-state index contributed by atoms with van der Waals surface area (Å²) >= 11 is 0. The molecule has 1 aromatic heterocycles. The van der Waals surface area contributed by atoms with Crippen molar-refractivity contribution in [1.82, 2.24) is 0 Å². The quantitative estimate of drug-likeness (QED) is 0.134. The lowest BCUT2D eigenvalue weighted by atomic mass is 9.84. The molecule has 0 aliphatic rings. The van der Waals surface area contributed by atoms with E-state index in [1.165, 1.54) is 0 Å². The Kier molecular flexibility index (Phi) is 2.50. The van der Waals surface area contributed by atoms with Gasteiger partial charge in [0.2, 0.25) is 0 Å². The van der Waals surface area contributed by atoms with Crippen molar-refractivity contribution in [3.8, 4) is 33.4 Å². The van der Waals surface area contributed by atoms with Crippen molar-refractivity contribution in [3.63, 3.8) is 0 Å². The van der Waals surface area contributed by atoms with Crippen LogP contribution in [0.15, 0.2) is 186 Å². The Balaban J connectivity index is 1.45. The third kappa shape index (κ3) is 4.22. The molecule has 0 unspecified atom stereocenters. The van der Waals surface area contributed by atoms with Crippen LogP contribution in [0.4, 0.5) is 0 Å². The molecule has 0 spiro atoms. The van der Waals surface area contributed by atoms with E-state index in [-0.39, 0.29) is 0 Å². The zero-order valence-corrected chi connectivity index (χ0v) is 25.4. The Morgan fingerprint density at radius 3 is 1.59 bits per heavy atom. The van der Waals surface area contributed by atoms with Gasteiger partial charge in [0, 0.05) is 10.8 Å². The van der Waals surface area contributed by atoms with Gasteiger partial charge < -0.3 is 4.42 Å². The van der Waals surface area contributed by atoms with Crippen LogP contribution in [-0.2, 0) is 0 Å². The van der Waals surface area contributed by atoms with E-state index in [0.29, 0.717) is 0 Å². The predicted molar refractivity (Wildman–Crippen MR) is 218 cm³/mol. The van der Waals surface area contributed by atoms with Crippen molar-refractivity contribution in [2.45, 2.75) is 0 Å². The van der Waals surface area contributed by atoms with Crippen LogP contribution < -0.4 is 0 Å². The van der Waals surface area contributed by atoms with Crippen LogP contribution in [0.1, 0.15) is 41.1 Å². The molecule has 0 saturated carbocycles. The van der Waals surface area contributed by atoms with Crippen LogP contribution in [0.2, 0.25) is 0 Å². The van der Waals surface area contributed by atoms with E-state index < -0.39 is 290 Å². The fraction of sp³-hybridized carbons (Fsp3) is 0.